The topological polar surface area (TPSA) is 32.3 Å². The summed E-state index contributed by atoms with van der Waals surface area (Å²) < 4.78 is 0. The lowest BCUT2D eigenvalue weighted by atomic mass is 10.2. The first-order chi connectivity index (χ1) is 6.66. The van der Waals surface area contributed by atoms with Gasteiger partial charge in [-0.25, -0.2) is 0 Å². The number of amides is 1. The molecule has 3 heteroatoms. The Balaban J connectivity index is 0.00000112. The van der Waals surface area contributed by atoms with Crippen LogP contribution in [0.5, 0.6) is 0 Å². The Bertz CT molecular complexity index is 379. The maximum absolute atomic E-state index is 11.4. The van der Waals surface area contributed by atoms with Crippen LogP contribution in [0.2, 0.25) is 0 Å². The molecule has 3 nitrogen and oxygen atoms in total. The average Bonchev–Trinajstić information content (AvgIpc) is 2.26. The van der Waals surface area contributed by atoms with Crippen molar-refractivity contribution in [1.82, 2.24) is 0 Å². The molecule has 2 rings (SSSR count). The molecule has 1 aliphatic heterocycles. The van der Waals surface area contributed by atoms with Crippen LogP contribution < -0.4 is 10.2 Å². The van der Waals surface area contributed by atoms with Crippen LogP contribution in [0.4, 0.5) is 11.4 Å². The number of carbonyl (C=O) groups is 1. The normalized spacial score (nSPS) is 15.9. The molecule has 0 saturated carbocycles. The Morgan fingerprint density at radius 2 is 2.29 bits per heavy atom. The van der Waals surface area contributed by atoms with Crippen molar-refractivity contribution in [3.8, 4) is 0 Å². The number of benzene rings is 1. The molecule has 0 aromatic heterocycles. The minimum absolute atomic E-state index is 0. The molecule has 0 aliphatic carbocycles. The summed E-state index contributed by atoms with van der Waals surface area (Å²) in [4.78, 5) is 13.5. The van der Waals surface area contributed by atoms with Gasteiger partial charge in [0, 0.05) is 21.4 Å². The molecule has 0 radical (unpaired) electrons. The molecule has 1 amide bonds. The molecule has 0 fully saturated rings. The van der Waals surface area contributed by atoms with E-state index >= 15 is 0 Å². The van der Waals surface area contributed by atoms with Gasteiger partial charge in [0.25, 0.3) is 0 Å². The van der Waals surface area contributed by atoms with Crippen molar-refractivity contribution in [3.05, 3.63) is 23.8 Å². The van der Waals surface area contributed by atoms with Crippen molar-refractivity contribution in [3.63, 3.8) is 0 Å². The molecular formula is C11H16N2O. The Hall–Kier alpha value is -1.51. The van der Waals surface area contributed by atoms with Gasteiger partial charge in [-0.2, -0.15) is 0 Å². The lowest BCUT2D eigenvalue weighted by molar-refractivity contribution is -0.115. The highest BCUT2D eigenvalue weighted by Crippen LogP contribution is 2.28. The number of anilines is 2. The molecule has 14 heavy (non-hydrogen) atoms. The van der Waals surface area contributed by atoms with Crippen molar-refractivity contribution >= 4 is 17.3 Å². The number of hydrogen-bond donors (Lipinski definition) is 1. The lowest BCUT2D eigenvalue weighted by Gasteiger charge is -2.18. The van der Waals surface area contributed by atoms with Gasteiger partial charge in [0.1, 0.15) is 0 Å². The molecule has 1 aliphatic rings. The number of nitrogens with zero attached hydrogens (tertiary/aromatic N) is 1. The molecule has 0 saturated heterocycles. The van der Waals surface area contributed by atoms with E-state index < -0.39 is 0 Å². The molecule has 0 spiro atoms. The summed E-state index contributed by atoms with van der Waals surface area (Å²) in [5.74, 6) is 0.0983. The molecule has 1 aromatic carbocycles. The van der Waals surface area contributed by atoms with E-state index in [1.165, 1.54) is 5.56 Å². The van der Waals surface area contributed by atoms with Gasteiger partial charge in [0.2, 0.25) is 5.91 Å². The second kappa shape index (κ2) is 3.33. The van der Waals surface area contributed by atoms with Gasteiger partial charge in [-0.3, -0.25) is 4.79 Å². The fraction of sp³-hybridized carbons (Fsp3) is 0.364. The van der Waals surface area contributed by atoms with E-state index in [2.05, 4.69) is 22.3 Å². The van der Waals surface area contributed by atoms with Crippen LogP contribution >= 0.6 is 0 Å². The maximum atomic E-state index is 11.4. The fourth-order valence-electron chi connectivity index (χ4n) is 1.69. The highest BCUT2D eigenvalue weighted by molar-refractivity contribution is 5.96. The molecule has 1 heterocycles. The van der Waals surface area contributed by atoms with Crippen LogP contribution in [0.1, 0.15) is 13.4 Å². The first-order valence-electron chi connectivity index (χ1n) is 4.78. The Kier molecular flexibility index (Phi) is 2.15. The Labute approximate surface area is 85.2 Å². The van der Waals surface area contributed by atoms with Crippen molar-refractivity contribution in [1.29, 1.82) is 0 Å². The van der Waals surface area contributed by atoms with Crippen molar-refractivity contribution in [2.75, 3.05) is 23.8 Å². The average molecular weight is 192 g/mol. The second-order valence-corrected chi connectivity index (χ2v) is 3.74. The smallest absolute Gasteiger partial charge is 0.226 e. The van der Waals surface area contributed by atoms with Gasteiger partial charge in [0.05, 0.1) is 11.4 Å². The van der Waals surface area contributed by atoms with Crippen LogP contribution in [0.3, 0.4) is 0 Å². The van der Waals surface area contributed by atoms with Gasteiger partial charge in [-0.05, 0) is 24.6 Å². The van der Waals surface area contributed by atoms with Gasteiger partial charge < -0.3 is 10.2 Å². The number of nitrogens with one attached hydrogen (secondary N) is 1. The minimum Gasteiger partial charge on any atom is -0.372 e. The second-order valence-electron chi connectivity index (χ2n) is 3.74. The third-order valence-corrected chi connectivity index (χ3v) is 2.51. The zero-order valence-corrected chi connectivity index (χ0v) is 8.50. The van der Waals surface area contributed by atoms with Crippen LogP contribution in [0.25, 0.3) is 0 Å². The van der Waals surface area contributed by atoms with E-state index in [1.54, 1.807) is 0 Å². The monoisotopic (exact) mass is 192 g/mol. The highest BCUT2D eigenvalue weighted by atomic mass is 16.1. The maximum Gasteiger partial charge on any atom is 0.226 e. The summed E-state index contributed by atoms with van der Waals surface area (Å²) in [7, 11) is 2.01. The van der Waals surface area contributed by atoms with Gasteiger partial charge >= 0.3 is 0 Å². The largest absolute Gasteiger partial charge is 0.372 e. The number of aryl methyl sites for hydroxylation is 1. The van der Waals surface area contributed by atoms with Gasteiger partial charge in [-0.1, -0.05) is 6.07 Å². The van der Waals surface area contributed by atoms with Crippen molar-refractivity contribution in [2.24, 2.45) is 0 Å². The summed E-state index contributed by atoms with van der Waals surface area (Å²) in [6, 6.07) is 6.12. The molecule has 0 unspecified atom stereocenters. The Morgan fingerprint density at radius 3 is 3.07 bits per heavy atom. The molecule has 0 bridgehead atoms. The van der Waals surface area contributed by atoms with Crippen LogP contribution in [-0.2, 0) is 4.79 Å². The van der Waals surface area contributed by atoms with Crippen LogP contribution in [0, 0.1) is 6.92 Å². The predicted octanol–water partition coefficient (Wildman–Crippen LogP) is 2.02. The summed E-state index contributed by atoms with van der Waals surface area (Å²) in [5.41, 5.74) is 3.19. The van der Waals surface area contributed by atoms with Gasteiger partial charge in [0.15, 0.2) is 0 Å². The summed E-state index contributed by atoms with van der Waals surface area (Å²) in [5, 5.41) is 2.91. The standard InChI is InChI=1S/C11H14N2O.H2/c1-8-3-4-10-9(7-8)12-11(14)5-6-13(10)2;/h3-4,7H,5-6H2,1-2H3,(H,12,14);1H. The van der Waals surface area contributed by atoms with Crippen molar-refractivity contribution < 1.29 is 6.22 Å². The molecule has 0 atom stereocenters. The SMILES string of the molecule is Cc1ccc2c(c1)NC(=O)CCN2C.[HH]. The van der Waals surface area contributed by atoms with E-state index in [1.807, 2.05) is 20.0 Å². The molecular weight excluding hydrogens is 176 g/mol. The first-order valence-corrected chi connectivity index (χ1v) is 4.78. The lowest BCUT2D eigenvalue weighted by Crippen LogP contribution is -2.18. The van der Waals surface area contributed by atoms with E-state index in [-0.39, 0.29) is 7.33 Å². The molecule has 1 aromatic rings. The summed E-state index contributed by atoms with van der Waals surface area (Å²) in [6.45, 7) is 2.80. The summed E-state index contributed by atoms with van der Waals surface area (Å²) in [6.07, 6.45) is 0.560. The summed E-state index contributed by atoms with van der Waals surface area (Å²) >= 11 is 0. The minimum atomic E-state index is 0. The van der Waals surface area contributed by atoms with E-state index in [9.17, 15) is 4.79 Å². The number of carbonyl (C=O) groups excluding carboxylic acids is 1. The number of rotatable bonds is 0. The predicted molar refractivity (Wildman–Crippen MR) is 59.8 cm³/mol. The zero-order valence-electron chi connectivity index (χ0n) is 8.50. The van der Waals surface area contributed by atoms with Crippen LogP contribution in [-0.4, -0.2) is 19.5 Å². The van der Waals surface area contributed by atoms with E-state index in [4.69, 9.17) is 0 Å². The quantitative estimate of drug-likeness (QED) is 0.682. The zero-order chi connectivity index (χ0) is 10.1. The number of hydrogen-bond acceptors (Lipinski definition) is 2. The third kappa shape index (κ3) is 1.58. The molecule has 76 valence electrons. The van der Waals surface area contributed by atoms with E-state index in [0.717, 1.165) is 17.9 Å². The number of fused-ring (bicyclic) bond motifs is 1. The molecule has 1 N–H and O–H groups in total. The Morgan fingerprint density at radius 1 is 1.50 bits per heavy atom. The fourth-order valence-corrected chi connectivity index (χ4v) is 1.69. The van der Waals surface area contributed by atoms with Crippen molar-refractivity contribution in [2.45, 2.75) is 13.3 Å². The van der Waals surface area contributed by atoms with Crippen LogP contribution in [0.15, 0.2) is 18.2 Å². The third-order valence-electron chi connectivity index (χ3n) is 2.51. The first kappa shape index (κ1) is 9.06. The highest BCUT2D eigenvalue weighted by Gasteiger charge is 2.15. The van der Waals surface area contributed by atoms with E-state index in [0.29, 0.717) is 6.42 Å². The van der Waals surface area contributed by atoms with Gasteiger partial charge in [-0.15, -0.1) is 0 Å².